The van der Waals surface area contributed by atoms with Gasteiger partial charge in [-0.3, -0.25) is 4.79 Å². The Morgan fingerprint density at radius 2 is 2.29 bits per heavy atom. The molecule has 0 spiro atoms. The van der Waals surface area contributed by atoms with E-state index in [1.807, 2.05) is 11.8 Å². The summed E-state index contributed by atoms with van der Waals surface area (Å²) in [7, 11) is 0. The molecule has 1 aliphatic carbocycles. The number of thioether (sulfide) groups is 1. The van der Waals surface area contributed by atoms with Gasteiger partial charge in [-0.15, -0.1) is 11.8 Å². The Morgan fingerprint density at radius 3 is 3.00 bits per heavy atom. The maximum atomic E-state index is 10.3. The monoisotopic (exact) mass is 210 g/mol. The van der Waals surface area contributed by atoms with Crippen LogP contribution in [0.3, 0.4) is 0 Å². The Balaban J connectivity index is 1.70. The number of rotatable bonds is 5. The smallest absolute Gasteiger partial charge is 0.303 e. The van der Waals surface area contributed by atoms with E-state index in [0.29, 0.717) is 16.4 Å². The third-order valence-electron chi connectivity index (χ3n) is 2.75. The lowest BCUT2D eigenvalue weighted by Gasteiger charge is -2.10. The maximum absolute atomic E-state index is 10.3. The lowest BCUT2D eigenvalue weighted by molar-refractivity contribution is -0.137. The summed E-state index contributed by atoms with van der Waals surface area (Å²) in [6.07, 6.45) is 12.0. The van der Waals surface area contributed by atoms with Crippen molar-refractivity contribution in [2.24, 2.45) is 0 Å². The van der Waals surface area contributed by atoms with E-state index in [9.17, 15) is 4.79 Å². The zero-order valence-electron chi connectivity index (χ0n) is 7.98. The second-order valence-corrected chi connectivity index (χ2v) is 5.34. The lowest BCUT2D eigenvalue weighted by atomic mass is 9.94. The average Bonchev–Trinajstić information content (AvgIpc) is 2.87. The van der Waals surface area contributed by atoms with Gasteiger partial charge in [-0.2, -0.15) is 0 Å². The van der Waals surface area contributed by atoms with Crippen molar-refractivity contribution in [3.8, 4) is 0 Å². The second kappa shape index (κ2) is 3.81. The van der Waals surface area contributed by atoms with E-state index in [1.165, 1.54) is 0 Å². The van der Waals surface area contributed by atoms with E-state index in [-0.39, 0.29) is 0 Å². The predicted molar refractivity (Wildman–Crippen MR) is 58.5 cm³/mol. The number of carboxylic acid groups (broad SMARTS) is 1. The first-order chi connectivity index (χ1) is 6.73. The van der Waals surface area contributed by atoms with Crippen LogP contribution in [0.1, 0.15) is 25.7 Å². The van der Waals surface area contributed by atoms with Gasteiger partial charge in [0.15, 0.2) is 0 Å². The second-order valence-electron chi connectivity index (χ2n) is 3.84. The van der Waals surface area contributed by atoms with Crippen molar-refractivity contribution in [1.82, 2.24) is 0 Å². The number of hydrogen-bond donors (Lipinski definition) is 1. The summed E-state index contributed by atoms with van der Waals surface area (Å²) in [5.74, 6) is -0.679. The number of allylic oxidation sites excluding steroid dienone is 2. The molecule has 0 aromatic carbocycles. The Kier molecular flexibility index (Phi) is 2.68. The van der Waals surface area contributed by atoms with Crippen LogP contribution in [0.5, 0.6) is 0 Å². The van der Waals surface area contributed by atoms with Crippen LogP contribution < -0.4 is 0 Å². The molecule has 2 unspecified atom stereocenters. The lowest BCUT2D eigenvalue weighted by Crippen LogP contribution is -2.11. The van der Waals surface area contributed by atoms with Crippen molar-refractivity contribution >= 4 is 17.7 Å². The highest BCUT2D eigenvalue weighted by atomic mass is 32.2. The Morgan fingerprint density at radius 1 is 1.43 bits per heavy atom. The van der Waals surface area contributed by atoms with Crippen LogP contribution in [0.2, 0.25) is 0 Å². The number of aliphatic carboxylic acids is 1. The number of carboxylic acids is 1. The van der Waals surface area contributed by atoms with Crippen molar-refractivity contribution in [1.29, 1.82) is 0 Å². The highest BCUT2D eigenvalue weighted by Crippen LogP contribution is 2.59. The highest BCUT2D eigenvalue weighted by molar-refractivity contribution is 8.09. The van der Waals surface area contributed by atoms with Gasteiger partial charge in [0.2, 0.25) is 0 Å². The van der Waals surface area contributed by atoms with Gasteiger partial charge in [0, 0.05) is 11.7 Å². The maximum Gasteiger partial charge on any atom is 0.303 e. The van der Waals surface area contributed by atoms with Crippen LogP contribution in [0, 0.1) is 0 Å². The molecule has 14 heavy (non-hydrogen) atoms. The van der Waals surface area contributed by atoms with Gasteiger partial charge < -0.3 is 5.11 Å². The van der Waals surface area contributed by atoms with Crippen LogP contribution in [-0.4, -0.2) is 21.1 Å². The number of fused-ring (bicyclic) bond motifs is 1. The van der Waals surface area contributed by atoms with Crippen molar-refractivity contribution in [3.63, 3.8) is 0 Å². The topological polar surface area (TPSA) is 37.3 Å². The molecule has 1 heterocycles. The van der Waals surface area contributed by atoms with Gasteiger partial charge in [0.1, 0.15) is 0 Å². The fourth-order valence-electron chi connectivity index (χ4n) is 1.88. The molecule has 0 saturated carbocycles. The highest BCUT2D eigenvalue weighted by Gasteiger charge is 2.51. The first-order valence-electron chi connectivity index (χ1n) is 4.99. The normalized spacial score (nSPS) is 32.7. The van der Waals surface area contributed by atoms with Crippen molar-refractivity contribution in [2.75, 3.05) is 0 Å². The minimum absolute atomic E-state index is 0.310. The molecule has 0 aromatic rings. The molecule has 76 valence electrons. The molecular formula is C11H14O2S. The molecule has 2 atom stereocenters. The van der Waals surface area contributed by atoms with Crippen LogP contribution in [0.15, 0.2) is 24.3 Å². The zero-order valence-corrected chi connectivity index (χ0v) is 8.80. The van der Waals surface area contributed by atoms with Crippen LogP contribution in [0.25, 0.3) is 0 Å². The van der Waals surface area contributed by atoms with E-state index in [1.54, 1.807) is 0 Å². The van der Waals surface area contributed by atoms with Gasteiger partial charge in [0.05, 0.1) is 4.75 Å². The summed E-state index contributed by atoms with van der Waals surface area (Å²) < 4.78 is 0.341. The number of carbonyl (C=O) groups is 1. The molecule has 0 amide bonds. The van der Waals surface area contributed by atoms with E-state index in [4.69, 9.17) is 5.11 Å². The summed E-state index contributed by atoms with van der Waals surface area (Å²) in [5, 5.41) is 9.16. The zero-order chi connectivity index (χ0) is 10.0. The molecule has 1 fully saturated rings. The van der Waals surface area contributed by atoms with Gasteiger partial charge in [0.25, 0.3) is 0 Å². The number of unbranched alkanes of at least 4 members (excludes halogenated alkanes) is 1. The third kappa shape index (κ3) is 2.03. The standard InChI is InChI=1S/C11H14O2S/c12-10(13)6-2-4-8-11-7-3-1-5-9(11)14-11/h1,3,5,7,9H,2,4,6,8H2,(H,12,13). The van der Waals surface area contributed by atoms with E-state index < -0.39 is 5.97 Å². The fraction of sp³-hybridized carbons (Fsp3) is 0.545. The molecule has 0 aromatic heterocycles. The van der Waals surface area contributed by atoms with Crippen molar-refractivity contribution in [2.45, 2.75) is 35.7 Å². The average molecular weight is 210 g/mol. The van der Waals surface area contributed by atoms with Gasteiger partial charge in [-0.05, 0) is 12.8 Å². The van der Waals surface area contributed by atoms with E-state index >= 15 is 0 Å². The van der Waals surface area contributed by atoms with Crippen LogP contribution in [-0.2, 0) is 4.79 Å². The Bertz CT molecular complexity index is 296. The predicted octanol–water partition coefficient (Wildman–Crippen LogP) is 2.61. The SMILES string of the molecule is O=C(O)CCCCC12C=CC=CC1S2. The minimum Gasteiger partial charge on any atom is -0.481 e. The minimum atomic E-state index is -0.679. The van der Waals surface area contributed by atoms with E-state index in [2.05, 4.69) is 24.3 Å². The molecule has 0 radical (unpaired) electrons. The molecule has 3 heteroatoms. The van der Waals surface area contributed by atoms with Gasteiger partial charge >= 0.3 is 5.97 Å². The molecule has 1 aliphatic heterocycles. The van der Waals surface area contributed by atoms with Crippen LogP contribution >= 0.6 is 11.8 Å². The molecular weight excluding hydrogens is 196 g/mol. The summed E-state index contributed by atoms with van der Waals surface area (Å²) in [6, 6.07) is 0. The largest absolute Gasteiger partial charge is 0.481 e. The first kappa shape index (κ1) is 9.84. The molecule has 1 saturated heterocycles. The molecule has 2 aliphatic rings. The van der Waals surface area contributed by atoms with Gasteiger partial charge in [-0.25, -0.2) is 0 Å². The van der Waals surface area contributed by atoms with Crippen molar-refractivity contribution in [3.05, 3.63) is 24.3 Å². The number of hydrogen-bond acceptors (Lipinski definition) is 2. The summed E-state index contributed by atoms with van der Waals surface area (Å²) >= 11 is 1.98. The molecule has 2 nitrogen and oxygen atoms in total. The molecule has 1 N–H and O–H groups in total. The fourth-order valence-corrected chi connectivity index (χ4v) is 3.15. The first-order valence-corrected chi connectivity index (χ1v) is 5.87. The summed E-state index contributed by atoms with van der Waals surface area (Å²) in [6.45, 7) is 0. The summed E-state index contributed by atoms with van der Waals surface area (Å²) in [4.78, 5) is 10.3. The Labute approximate surface area is 88.1 Å². The quantitative estimate of drug-likeness (QED) is 0.560. The van der Waals surface area contributed by atoms with E-state index in [0.717, 1.165) is 19.3 Å². The molecule has 0 bridgehead atoms. The Hall–Kier alpha value is -0.700. The van der Waals surface area contributed by atoms with Crippen molar-refractivity contribution < 1.29 is 9.90 Å². The summed E-state index contributed by atoms with van der Waals surface area (Å²) in [5.41, 5.74) is 0. The third-order valence-corrected chi connectivity index (χ3v) is 4.36. The van der Waals surface area contributed by atoms with Crippen LogP contribution in [0.4, 0.5) is 0 Å². The van der Waals surface area contributed by atoms with Gasteiger partial charge in [-0.1, -0.05) is 30.7 Å². The molecule has 2 rings (SSSR count).